The molecule has 2 aromatic rings. The van der Waals surface area contributed by atoms with Crippen molar-refractivity contribution < 1.29 is 9.59 Å². The number of primary amides is 1. The van der Waals surface area contributed by atoms with Gasteiger partial charge in [-0.05, 0) is 30.5 Å². The van der Waals surface area contributed by atoms with Crippen molar-refractivity contribution in [3.8, 4) is 0 Å². The van der Waals surface area contributed by atoms with E-state index in [1.54, 1.807) is 15.8 Å². The van der Waals surface area contributed by atoms with Crippen LogP contribution in [-0.4, -0.2) is 44.2 Å². The molecule has 2 N–H and O–H groups in total. The van der Waals surface area contributed by atoms with Gasteiger partial charge in [0, 0.05) is 44.5 Å². The molecule has 1 saturated carbocycles. The molecule has 0 aromatic carbocycles. The quantitative estimate of drug-likeness (QED) is 0.905. The predicted octanol–water partition coefficient (Wildman–Crippen LogP) is 1.68. The lowest BCUT2D eigenvalue weighted by Gasteiger charge is -2.20. The maximum Gasteiger partial charge on any atom is 0.270 e. The topological polar surface area (TPSA) is 86.1 Å². The monoisotopic (exact) mass is 355 g/mol. The Labute approximate surface area is 152 Å². The maximum atomic E-state index is 13.2. The highest BCUT2D eigenvalue weighted by Gasteiger charge is 2.40. The van der Waals surface area contributed by atoms with Gasteiger partial charge in [-0.3, -0.25) is 14.3 Å². The first-order chi connectivity index (χ1) is 12.5. The van der Waals surface area contributed by atoms with Crippen molar-refractivity contribution in [2.75, 3.05) is 13.1 Å². The highest BCUT2D eigenvalue weighted by Crippen LogP contribution is 2.35. The molecule has 2 atom stereocenters. The van der Waals surface area contributed by atoms with Crippen LogP contribution in [0.15, 0.2) is 30.7 Å². The lowest BCUT2D eigenvalue weighted by Crippen LogP contribution is -2.33. The van der Waals surface area contributed by atoms with Gasteiger partial charge in [-0.15, -0.1) is 0 Å². The molecule has 2 aliphatic rings. The SMILES string of the molecule is Cn1cc([C@H]2CN(C(=O)c3cccn3C3CCCC3)C[C@@H]2C(N)=O)cn1. The molecule has 1 aliphatic heterocycles. The molecular formula is C19H25N5O2. The fraction of sp³-hybridized carbons (Fsp3) is 0.526. The minimum absolute atomic E-state index is 0.0143. The zero-order valence-corrected chi connectivity index (χ0v) is 15.0. The molecule has 7 heteroatoms. The van der Waals surface area contributed by atoms with E-state index in [4.69, 9.17) is 5.73 Å². The van der Waals surface area contributed by atoms with Gasteiger partial charge in [0.25, 0.3) is 5.91 Å². The third-order valence-corrected chi connectivity index (χ3v) is 5.84. The number of carbonyl (C=O) groups excluding carboxylic acids is 2. The van der Waals surface area contributed by atoms with Crippen LogP contribution in [0.25, 0.3) is 0 Å². The van der Waals surface area contributed by atoms with Gasteiger partial charge in [0.1, 0.15) is 5.69 Å². The summed E-state index contributed by atoms with van der Waals surface area (Å²) in [6.07, 6.45) is 10.3. The summed E-state index contributed by atoms with van der Waals surface area (Å²) in [5.41, 5.74) is 7.30. The lowest BCUT2D eigenvalue weighted by molar-refractivity contribution is -0.121. The first kappa shape index (κ1) is 16.9. The number of hydrogen-bond donors (Lipinski definition) is 1. The van der Waals surface area contributed by atoms with Crippen LogP contribution in [0.5, 0.6) is 0 Å². The van der Waals surface area contributed by atoms with Crippen LogP contribution < -0.4 is 5.73 Å². The Kier molecular flexibility index (Phi) is 4.30. The molecule has 2 amide bonds. The predicted molar refractivity (Wildman–Crippen MR) is 96.5 cm³/mol. The highest BCUT2D eigenvalue weighted by molar-refractivity contribution is 5.94. The number of nitrogens with two attached hydrogens (primary N) is 1. The summed E-state index contributed by atoms with van der Waals surface area (Å²) < 4.78 is 3.83. The summed E-state index contributed by atoms with van der Waals surface area (Å²) in [6, 6.07) is 4.23. The number of likely N-dealkylation sites (tertiary alicyclic amines) is 1. The standard InChI is InChI=1S/C19H25N5O2/c1-22-10-13(9-21-22)15-11-23(12-16(15)18(20)25)19(26)17-7-4-8-24(17)14-5-2-3-6-14/h4,7-10,14-16H,2-3,5-6,11-12H2,1H3,(H2,20,25)/t15-,16+/m1/s1. The van der Waals surface area contributed by atoms with Crippen LogP contribution in [0.1, 0.15) is 53.7 Å². The fourth-order valence-electron chi connectivity index (χ4n) is 4.47. The number of rotatable bonds is 4. The van der Waals surface area contributed by atoms with Crippen LogP contribution >= 0.6 is 0 Å². The van der Waals surface area contributed by atoms with E-state index < -0.39 is 0 Å². The number of nitrogens with zero attached hydrogens (tertiary/aromatic N) is 4. The van der Waals surface area contributed by atoms with Crippen molar-refractivity contribution >= 4 is 11.8 Å². The molecule has 0 unspecified atom stereocenters. The average Bonchev–Trinajstić information content (AvgIpc) is 3.37. The summed E-state index contributed by atoms with van der Waals surface area (Å²) in [5, 5.41) is 4.20. The molecule has 26 heavy (non-hydrogen) atoms. The molecule has 0 spiro atoms. The van der Waals surface area contributed by atoms with E-state index in [9.17, 15) is 9.59 Å². The summed E-state index contributed by atoms with van der Waals surface area (Å²) in [7, 11) is 1.84. The molecule has 1 aliphatic carbocycles. The Morgan fingerprint density at radius 1 is 1.23 bits per heavy atom. The van der Waals surface area contributed by atoms with E-state index in [1.165, 1.54) is 12.8 Å². The van der Waals surface area contributed by atoms with Crippen molar-refractivity contribution in [2.24, 2.45) is 18.7 Å². The van der Waals surface area contributed by atoms with Gasteiger partial charge in [-0.1, -0.05) is 12.8 Å². The zero-order chi connectivity index (χ0) is 18.3. The average molecular weight is 355 g/mol. The molecular weight excluding hydrogens is 330 g/mol. The fourth-order valence-corrected chi connectivity index (χ4v) is 4.47. The summed E-state index contributed by atoms with van der Waals surface area (Å²) in [6.45, 7) is 0.859. The summed E-state index contributed by atoms with van der Waals surface area (Å²) in [5.74, 6) is -0.849. The molecule has 138 valence electrons. The third kappa shape index (κ3) is 2.91. The van der Waals surface area contributed by atoms with E-state index in [0.717, 1.165) is 18.4 Å². The van der Waals surface area contributed by atoms with E-state index >= 15 is 0 Å². The third-order valence-electron chi connectivity index (χ3n) is 5.84. The Morgan fingerprint density at radius 2 is 2.00 bits per heavy atom. The van der Waals surface area contributed by atoms with E-state index in [-0.39, 0.29) is 23.7 Å². The van der Waals surface area contributed by atoms with Gasteiger partial charge < -0.3 is 15.2 Å². The van der Waals surface area contributed by atoms with Crippen molar-refractivity contribution in [3.63, 3.8) is 0 Å². The minimum Gasteiger partial charge on any atom is -0.369 e. The number of aromatic nitrogens is 3. The van der Waals surface area contributed by atoms with Crippen molar-refractivity contribution in [1.29, 1.82) is 0 Å². The minimum atomic E-state index is -0.377. The lowest BCUT2D eigenvalue weighted by atomic mass is 9.90. The van der Waals surface area contributed by atoms with Crippen molar-refractivity contribution in [3.05, 3.63) is 42.0 Å². The highest BCUT2D eigenvalue weighted by atomic mass is 16.2. The Morgan fingerprint density at radius 3 is 2.65 bits per heavy atom. The van der Waals surface area contributed by atoms with Crippen molar-refractivity contribution in [1.82, 2.24) is 19.2 Å². The van der Waals surface area contributed by atoms with Crippen LogP contribution in [0.3, 0.4) is 0 Å². The van der Waals surface area contributed by atoms with Crippen molar-refractivity contribution in [2.45, 2.75) is 37.6 Å². The first-order valence-electron chi connectivity index (χ1n) is 9.28. The molecule has 0 radical (unpaired) electrons. The van der Waals surface area contributed by atoms with E-state index in [2.05, 4.69) is 9.67 Å². The Bertz CT molecular complexity index is 818. The van der Waals surface area contributed by atoms with Gasteiger partial charge in [-0.2, -0.15) is 5.10 Å². The first-order valence-corrected chi connectivity index (χ1v) is 9.28. The molecule has 4 rings (SSSR count). The number of hydrogen-bond acceptors (Lipinski definition) is 3. The summed E-state index contributed by atoms with van der Waals surface area (Å²) >= 11 is 0. The molecule has 2 aromatic heterocycles. The second kappa shape index (κ2) is 6.63. The zero-order valence-electron chi connectivity index (χ0n) is 15.0. The molecule has 2 fully saturated rings. The van der Waals surface area contributed by atoms with Crippen LogP contribution in [0.2, 0.25) is 0 Å². The second-order valence-corrected chi connectivity index (χ2v) is 7.51. The van der Waals surface area contributed by atoms with Gasteiger partial charge in [0.05, 0.1) is 12.1 Å². The van der Waals surface area contributed by atoms with Gasteiger partial charge >= 0.3 is 0 Å². The normalized spacial score (nSPS) is 23.7. The molecule has 7 nitrogen and oxygen atoms in total. The van der Waals surface area contributed by atoms with Gasteiger partial charge in [-0.25, -0.2) is 0 Å². The second-order valence-electron chi connectivity index (χ2n) is 7.51. The van der Waals surface area contributed by atoms with Crippen LogP contribution in [0, 0.1) is 5.92 Å². The number of amides is 2. The smallest absolute Gasteiger partial charge is 0.270 e. The molecule has 0 bridgehead atoms. The van der Waals surface area contributed by atoms with Crippen LogP contribution in [-0.2, 0) is 11.8 Å². The largest absolute Gasteiger partial charge is 0.369 e. The summed E-state index contributed by atoms with van der Waals surface area (Å²) in [4.78, 5) is 26.9. The number of aryl methyl sites for hydroxylation is 1. The Balaban J connectivity index is 1.57. The van der Waals surface area contributed by atoms with E-state index in [1.807, 2.05) is 31.6 Å². The maximum absolute atomic E-state index is 13.2. The van der Waals surface area contributed by atoms with Gasteiger partial charge in [0.15, 0.2) is 0 Å². The Hall–Kier alpha value is -2.57. The molecule has 3 heterocycles. The van der Waals surface area contributed by atoms with Crippen LogP contribution in [0.4, 0.5) is 0 Å². The van der Waals surface area contributed by atoms with E-state index in [0.29, 0.717) is 24.8 Å². The van der Waals surface area contributed by atoms with Gasteiger partial charge in [0.2, 0.25) is 5.91 Å². The number of carbonyl (C=O) groups is 2. The molecule has 1 saturated heterocycles.